The highest BCUT2D eigenvalue weighted by atomic mass is 32.1. The number of hydrogen-bond donors (Lipinski definition) is 1. The average molecular weight is 401 g/mol. The fourth-order valence-electron chi connectivity index (χ4n) is 2.50. The highest BCUT2D eigenvalue weighted by Crippen LogP contribution is 2.21. The van der Waals surface area contributed by atoms with E-state index in [4.69, 9.17) is 14.0 Å². The highest BCUT2D eigenvalue weighted by molar-refractivity contribution is 7.13. The van der Waals surface area contributed by atoms with Crippen LogP contribution in [0.1, 0.15) is 24.8 Å². The molecule has 0 saturated carbocycles. The highest BCUT2D eigenvalue weighted by Gasteiger charge is 2.11. The Morgan fingerprint density at radius 3 is 2.93 bits per heavy atom. The SMILES string of the molecule is CCOCCOCc1cccc(NC(=O)CCc2nc(-c3cccs3)no2)c1. The number of amides is 1. The third kappa shape index (κ3) is 6.26. The molecule has 3 rings (SSSR count). The maximum absolute atomic E-state index is 12.2. The molecule has 0 saturated heterocycles. The van der Waals surface area contributed by atoms with Crippen molar-refractivity contribution in [2.24, 2.45) is 0 Å². The largest absolute Gasteiger partial charge is 0.379 e. The molecule has 28 heavy (non-hydrogen) atoms. The molecule has 0 aliphatic rings. The summed E-state index contributed by atoms with van der Waals surface area (Å²) in [6.07, 6.45) is 0.658. The lowest BCUT2D eigenvalue weighted by molar-refractivity contribution is -0.116. The number of nitrogens with zero attached hydrogens (tertiary/aromatic N) is 2. The zero-order chi connectivity index (χ0) is 19.6. The number of thiophene rings is 1. The summed E-state index contributed by atoms with van der Waals surface area (Å²) in [7, 11) is 0. The van der Waals surface area contributed by atoms with E-state index < -0.39 is 0 Å². The summed E-state index contributed by atoms with van der Waals surface area (Å²) in [5.74, 6) is 0.905. The van der Waals surface area contributed by atoms with Gasteiger partial charge >= 0.3 is 0 Å². The maximum Gasteiger partial charge on any atom is 0.227 e. The minimum absolute atomic E-state index is 0.106. The van der Waals surface area contributed by atoms with E-state index in [1.54, 1.807) is 11.3 Å². The summed E-state index contributed by atoms with van der Waals surface area (Å²) in [6.45, 7) is 4.24. The Hall–Kier alpha value is -2.55. The fourth-order valence-corrected chi connectivity index (χ4v) is 3.15. The van der Waals surface area contributed by atoms with E-state index in [-0.39, 0.29) is 12.3 Å². The number of anilines is 1. The number of nitrogens with one attached hydrogen (secondary N) is 1. The molecule has 148 valence electrons. The fraction of sp³-hybridized carbons (Fsp3) is 0.350. The van der Waals surface area contributed by atoms with Crippen molar-refractivity contribution in [3.8, 4) is 10.7 Å². The number of benzene rings is 1. The van der Waals surface area contributed by atoms with Crippen LogP contribution in [0.3, 0.4) is 0 Å². The molecule has 0 fully saturated rings. The Morgan fingerprint density at radius 2 is 2.11 bits per heavy atom. The van der Waals surface area contributed by atoms with Crippen molar-refractivity contribution in [3.63, 3.8) is 0 Å². The summed E-state index contributed by atoms with van der Waals surface area (Å²) in [5, 5.41) is 8.80. The van der Waals surface area contributed by atoms with Crippen LogP contribution in [0.5, 0.6) is 0 Å². The lowest BCUT2D eigenvalue weighted by Crippen LogP contribution is -2.12. The van der Waals surface area contributed by atoms with Gasteiger partial charge < -0.3 is 19.3 Å². The molecule has 0 aliphatic carbocycles. The molecular weight excluding hydrogens is 378 g/mol. The van der Waals surface area contributed by atoms with Gasteiger partial charge in [0.25, 0.3) is 0 Å². The predicted octanol–water partition coefficient (Wildman–Crippen LogP) is 3.92. The summed E-state index contributed by atoms with van der Waals surface area (Å²) in [6, 6.07) is 11.5. The van der Waals surface area contributed by atoms with Crippen molar-refractivity contribution in [3.05, 3.63) is 53.2 Å². The summed E-state index contributed by atoms with van der Waals surface area (Å²) in [4.78, 5) is 17.5. The van der Waals surface area contributed by atoms with Crippen LogP contribution < -0.4 is 5.32 Å². The first-order valence-corrected chi connectivity index (χ1v) is 10.0. The van der Waals surface area contributed by atoms with E-state index in [0.717, 1.165) is 16.1 Å². The molecule has 1 amide bonds. The van der Waals surface area contributed by atoms with Crippen molar-refractivity contribution >= 4 is 22.9 Å². The monoisotopic (exact) mass is 401 g/mol. The molecule has 0 aliphatic heterocycles. The molecule has 0 atom stereocenters. The Labute approximate surface area is 167 Å². The van der Waals surface area contributed by atoms with E-state index in [1.807, 2.05) is 48.7 Å². The number of aromatic nitrogens is 2. The van der Waals surface area contributed by atoms with Crippen molar-refractivity contribution in [2.75, 3.05) is 25.1 Å². The van der Waals surface area contributed by atoms with E-state index in [1.165, 1.54) is 0 Å². The second kappa shape index (κ2) is 10.7. The zero-order valence-corrected chi connectivity index (χ0v) is 16.5. The third-order valence-corrected chi connectivity index (χ3v) is 4.70. The first kappa shape index (κ1) is 20.2. The number of ether oxygens (including phenoxy) is 2. The van der Waals surface area contributed by atoms with Gasteiger partial charge in [-0.25, -0.2) is 0 Å². The van der Waals surface area contributed by atoms with Crippen LogP contribution in [0.4, 0.5) is 5.69 Å². The van der Waals surface area contributed by atoms with Crippen molar-refractivity contribution < 1.29 is 18.8 Å². The molecule has 0 radical (unpaired) electrons. The van der Waals surface area contributed by atoms with Gasteiger partial charge in [0.2, 0.25) is 17.6 Å². The first-order chi connectivity index (χ1) is 13.7. The Balaban J connectivity index is 1.44. The molecule has 0 unspecified atom stereocenters. The van der Waals surface area contributed by atoms with Crippen molar-refractivity contribution in [1.29, 1.82) is 0 Å². The second-order valence-electron chi connectivity index (χ2n) is 5.99. The summed E-state index contributed by atoms with van der Waals surface area (Å²) < 4.78 is 16.0. The molecule has 2 aromatic heterocycles. The van der Waals surface area contributed by atoms with Crippen LogP contribution in [0.15, 0.2) is 46.3 Å². The Kier molecular flexibility index (Phi) is 7.71. The number of carbonyl (C=O) groups excluding carboxylic acids is 1. The van der Waals surface area contributed by atoms with Gasteiger partial charge in [0, 0.05) is 25.1 Å². The zero-order valence-electron chi connectivity index (χ0n) is 15.7. The molecule has 1 N–H and O–H groups in total. The second-order valence-corrected chi connectivity index (χ2v) is 6.93. The van der Waals surface area contributed by atoms with Gasteiger partial charge in [0.15, 0.2) is 0 Å². The van der Waals surface area contributed by atoms with Gasteiger partial charge in [-0.1, -0.05) is 23.4 Å². The third-order valence-electron chi connectivity index (χ3n) is 3.83. The van der Waals surface area contributed by atoms with Gasteiger partial charge in [-0.15, -0.1) is 11.3 Å². The van der Waals surface area contributed by atoms with E-state index >= 15 is 0 Å². The molecule has 0 bridgehead atoms. The lowest BCUT2D eigenvalue weighted by atomic mass is 10.2. The van der Waals surface area contributed by atoms with Gasteiger partial charge in [-0.05, 0) is 36.1 Å². The van der Waals surface area contributed by atoms with Crippen LogP contribution in [-0.2, 0) is 27.3 Å². The molecule has 3 aromatic rings. The lowest BCUT2D eigenvalue weighted by Gasteiger charge is -2.08. The molecule has 1 aromatic carbocycles. The van der Waals surface area contributed by atoms with Gasteiger partial charge in [-0.2, -0.15) is 4.98 Å². The maximum atomic E-state index is 12.2. The first-order valence-electron chi connectivity index (χ1n) is 9.15. The van der Waals surface area contributed by atoms with E-state index in [2.05, 4.69) is 15.5 Å². The van der Waals surface area contributed by atoms with Crippen LogP contribution in [0.2, 0.25) is 0 Å². The van der Waals surface area contributed by atoms with Crippen LogP contribution in [-0.4, -0.2) is 35.9 Å². The van der Waals surface area contributed by atoms with E-state index in [9.17, 15) is 4.79 Å². The molecule has 2 heterocycles. The predicted molar refractivity (Wildman–Crippen MR) is 107 cm³/mol. The Bertz CT molecular complexity index is 864. The number of rotatable bonds is 11. The van der Waals surface area contributed by atoms with Gasteiger partial charge in [-0.3, -0.25) is 4.79 Å². The standard InChI is InChI=1S/C20H23N3O4S/c1-2-25-10-11-26-14-15-5-3-6-16(13-15)21-18(24)8-9-19-22-20(23-27-19)17-7-4-12-28-17/h3-7,12-13H,2,8-11,14H2,1H3,(H,21,24). The summed E-state index contributed by atoms with van der Waals surface area (Å²) >= 11 is 1.54. The van der Waals surface area contributed by atoms with Gasteiger partial charge in [0.1, 0.15) is 0 Å². The van der Waals surface area contributed by atoms with Crippen LogP contribution in [0, 0.1) is 0 Å². The normalized spacial score (nSPS) is 10.9. The number of carbonyl (C=O) groups is 1. The number of aryl methyl sites for hydroxylation is 1. The quantitative estimate of drug-likeness (QED) is 0.490. The van der Waals surface area contributed by atoms with Crippen molar-refractivity contribution in [1.82, 2.24) is 10.1 Å². The summed E-state index contributed by atoms with van der Waals surface area (Å²) in [5.41, 5.74) is 1.73. The van der Waals surface area contributed by atoms with E-state index in [0.29, 0.717) is 44.6 Å². The van der Waals surface area contributed by atoms with Crippen LogP contribution in [0.25, 0.3) is 10.7 Å². The minimum atomic E-state index is -0.106. The molecule has 0 spiro atoms. The molecule has 7 nitrogen and oxygen atoms in total. The Morgan fingerprint density at radius 1 is 1.21 bits per heavy atom. The number of hydrogen-bond acceptors (Lipinski definition) is 7. The minimum Gasteiger partial charge on any atom is -0.379 e. The van der Waals surface area contributed by atoms with Crippen LogP contribution >= 0.6 is 11.3 Å². The smallest absolute Gasteiger partial charge is 0.227 e. The van der Waals surface area contributed by atoms with Crippen molar-refractivity contribution in [2.45, 2.75) is 26.4 Å². The molecular formula is C20H23N3O4S. The topological polar surface area (TPSA) is 86.5 Å². The molecule has 8 heteroatoms. The average Bonchev–Trinajstić information content (AvgIpc) is 3.38. The van der Waals surface area contributed by atoms with Gasteiger partial charge in [0.05, 0.1) is 24.7 Å².